The highest BCUT2D eigenvalue weighted by Gasteiger charge is 2.11. The molecule has 0 aromatic heterocycles. The Morgan fingerprint density at radius 3 is 2.27 bits per heavy atom. The van der Waals surface area contributed by atoms with Gasteiger partial charge in [-0.05, 0) is 22.9 Å². The first-order valence-electron chi connectivity index (χ1n) is 6.63. The van der Waals surface area contributed by atoms with Gasteiger partial charge < -0.3 is 5.32 Å². The van der Waals surface area contributed by atoms with Crippen LogP contribution in [0.1, 0.15) is 12.8 Å². The van der Waals surface area contributed by atoms with E-state index < -0.39 is 15.9 Å². The van der Waals surface area contributed by atoms with Crippen molar-refractivity contribution in [3.05, 3.63) is 42.5 Å². The van der Waals surface area contributed by atoms with E-state index in [1.165, 1.54) is 0 Å². The van der Waals surface area contributed by atoms with Crippen LogP contribution in [0.25, 0.3) is 10.8 Å². The molecule has 2 amide bonds. The average molecular weight is 320 g/mol. The molecule has 22 heavy (non-hydrogen) atoms. The Labute approximate surface area is 128 Å². The van der Waals surface area contributed by atoms with Crippen LogP contribution in [0.2, 0.25) is 0 Å². The van der Waals surface area contributed by atoms with Crippen LogP contribution in [0.4, 0.5) is 5.69 Å². The number of sulfonamides is 1. The molecule has 0 radical (unpaired) electrons. The molecule has 7 heteroatoms. The van der Waals surface area contributed by atoms with Crippen LogP contribution < -0.4 is 10.0 Å². The highest BCUT2D eigenvalue weighted by atomic mass is 32.2. The maximum atomic E-state index is 11.8. The molecular formula is C15H16N2O4S. The van der Waals surface area contributed by atoms with E-state index in [0.29, 0.717) is 5.69 Å². The second-order valence-corrected chi connectivity index (χ2v) is 6.66. The number of rotatable bonds is 5. The fraction of sp³-hybridized carbons (Fsp3) is 0.200. The largest absolute Gasteiger partial charge is 0.326 e. The fourth-order valence-corrected chi connectivity index (χ4v) is 2.49. The molecule has 0 heterocycles. The summed E-state index contributed by atoms with van der Waals surface area (Å²) in [5.74, 6) is -1.05. The summed E-state index contributed by atoms with van der Waals surface area (Å²) in [7, 11) is -3.59. The van der Waals surface area contributed by atoms with Crippen molar-refractivity contribution in [2.24, 2.45) is 0 Å². The Balaban J connectivity index is 1.92. The van der Waals surface area contributed by atoms with Gasteiger partial charge >= 0.3 is 0 Å². The molecule has 2 aromatic rings. The fourth-order valence-electron chi connectivity index (χ4n) is 1.98. The summed E-state index contributed by atoms with van der Waals surface area (Å²) >= 11 is 0. The average Bonchev–Trinajstić information content (AvgIpc) is 2.43. The van der Waals surface area contributed by atoms with Crippen molar-refractivity contribution in [1.82, 2.24) is 4.72 Å². The predicted octanol–water partition coefficient (Wildman–Crippen LogP) is 1.63. The minimum absolute atomic E-state index is 0.0891. The number of nitrogens with one attached hydrogen (secondary N) is 2. The third-order valence-corrected chi connectivity index (χ3v) is 3.51. The van der Waals surface area contributed by atoms with Gasteiger partial charge in [-0.2, -0.15) is 0 Å². The van der Waals surface area contributed by atoms with E-state index in [-0.39, 0.29) is 18.7 Å². The summed E-state index contributed by atoms with van der Waals surface area (Å²) in [4.78, 5) is 23.1. The number of hydrogen-bond donors (Lipinski definition) is 2. The van der Waals surface area contributed by atoms with E-state index in [9.17, 15) is 18.0 Å². The Kier molecular flexibility index (Phi) is 4.77. The zero-order valence-electron chi connectivity index (χ0n) is 12.0. The maximum absolute atomic E-state index is 11.8. The van der Waals surface area contributed by atoms with E-state index >= 15 is 0 Å². The first kappa shape index (κ1) is 16.0. The SMILES string of the molecule is CS(=O)(=O)NC(=O)CCC(=O)Nc1ccc2ccccc2c1. The molecule has 0 spiro atoms. The highest BCUT2D eigenvalue weighted by molar-refractivity contribution is 7.89. The lowest BCUT2D eigenvalue weighted by atomic mass is 10.1. The lowest BCUT2D eigenvalue weighted by molar-refractivity contribution is -0.123. The minimum Gasteiger partial charge on any atom is -0.326 e. The van der Waals surface area contributed by atoms with E-state index in [2.05, 4.69) is 5.32 Å². The normalized spacial score (nSPS) is 11.1. The number of benzene rings is 2. The Hall–Kier alpha value is -2.41. The van der Waals surface area contributed by atoms with Gasteiger partial charge in [0, 0.05) is 18.5 Å². The summed E-state index contributed by atoms with van der Waals surface area (Å²) in [6.07, 6.45) is 0.612. The molecule has 0 aliphatic rings. The van der Waals surface area contributed by atoms with Crippen molar-refractivity contribution in [3.8, 4) is 0 Å². The zero-order chi connectivity index (χ0) is 16.2. The highest BCUT2D eigenvalue weighted by Crippen LogP contribution is 2.18. The summed E-state index contributed by atoms with van der Waals surface area (Å²) < 4.78 is 23.6. The van der Waals surface area contributed by atoms with Crippen LogP contribution in [0.5, 0.6) is 0 Å². The van der Waals surface area contributed by atoms with Crippen LogP contribution in [-0.2, 0) is 19.6 Å². The number of fused-ring (bicyclic) bond motifs is 1. The molecule has 116 valence electrons. The number of hydrogen-bond acceptors (Lipinski definition) is 4. The number of anilines is 1. The van der Waals surface area contributed by atoms with Crippen LogP contribution in [0.15, 0.2) is 42.5 Å². The van der Waals surface area contributed by atoms with Gasteiger partial charge in [0.05, 0.1) is 6.26 Å². The Morgan fingerprint density at radius 1 is 0.955 bits per heavy atom. The van der Waals surface area contributed by atoms with Crippen molar-refractivity contribution in [2.45, 2.75) is 12.8 Å². The molecule has 0 aliphatic carbocycles. The predicted molar refractivity (Wildman–Crippen MR) is 84.8 cm³/mol. The van der Waals surface area contributed by atoms with Crippen LogP contribution in [0.3, 0.4) is 0 Å². The summed E-state index contributed by atoms with van der Waals surface area (Å²) in [5.41, 5.74) is 0.632. The molecular weight excluding hydrogens is 304 g/mol. The second-order valence-electron chi connectivity index (χ2n) is 4.91. The molecule has 0 aliphatic heterocycles. The molecule has 0 atom stereocenters. The summed E-state index contributed by atoms with van der Waals surface area (Å²) in [6, 6.07) is 13.2. The van der Waals surface area contributed by atoms with Crippen molar-refractivity contribution in [3.63, 3.8) is 0 Å². The lowest BCUT2D eigenvalue weighted by Gasteiger charge is -2.07. The van der Waals surface area contributed by atoms with Gasteiger partial charge in [-0.1, -0.05) is 30.3 Å². The minimum atomic E-state index is -3.59. The standard InChI is InChI=1S/C15H16N2O4S/c1-22(20,21)17-15(19)9-8-14(18)16-13-7-6-11-4-2-3-5-12(11)10-13/h2-7,10H,8-9H2,1H3,(H,16,18)(H,17,19). The van der Waals surface area contributed by atoms with E-state index in [4.69, 9.17) is 0 Å². The number of carbonyl (C=O) groups excluding carboxylic acids is 2. The third-order valence-electron chi connectivity index (χ3n) is 2.91. The maximum Gasteiger partial charge on any atom is 0.233 e. The molecule has 2 rings (SSSR count). The van der Waals surface area contributed by atoms with Gasteiger partial charge in [0.15, 0.2) is 0 Å². The van der Waals surface area contributed by atoms with E-state index in [1.807, 2.05) is 41.1 Å². The zero-order valence-corrected chi connectivity index (χ0v) is 12.8. The van der Waals surface area contributed by atoms with Gasteiger partial charge in [-0.25, -0.2) is 8.42 Å². The van der Waals surface area contributed by atoms with Crippen molar-refractivity contribution in [2.75, 3.05) is 11.6 Å². The van der Waals surface area contributed by atoms with Crippen molar-refractivity contribution < 1.29 is 18.0 Å². The van der Waals surface area contributed by atoms with Gasteiger partial charge in [0.25, 0.3) is 0 Å². The molecule has 2 N–H and O–H groups in total. The van der Waals surface area contributed by atoms with Crippen LogP contribution in [0, 0.1) is 0 Å². The Morgan fingerprint density at radius 2 is 1.59 bits per heavy atom. The first-order chi connectivity index (χ1) is 10.3. The van der Waals surface area contributed by atoms with Crippen molar-refractivity contribution in [1.29, 1.82) is 0 Å². The van der Waals surface area contributed by atoms with Gasteiger partial charge in [-0.15, -0.1) is 0 Å². The molecule has 0 fully saturated rings. The molecule has 0 unspecified atom stereocenters. The van der Waals surface area contributed by atoms with E-state index in [1.54, 1.807) is 6.07 Å². The van der Waals surface area contributed by atoms with Crippen molar-refractivity contribution >= 4 is 38.3 Å². The summed E-state index contributed by atoms with van der Waals surface area (Å²) in [6.45, 7) is 0. The number of amides is 2. The van der Waals surface area contributed by atoms with Gasteiger partial charge in [0.2, 0.25) is 21.8 Å². The Bertz CT molecular complexity index is 815. The molecule has 0 saturated heterocycles. The van der Waals surface area contributed by atoms with Gasteiger partial charge in [0.1, 0.15) is 0 Å². The first-order valence-corrected chi connectivity index (χ1v) is 8.52. The molecule has 0 bridgehead atoms. The van der Waals surface area contributed by atoms with E-state index in [0.717, 1.165) is 17.0 Å². The topological polar surface area (TPSA) is 92.3 Å². The summed E-state index contributed by atoms with van der Waals surface area (Å²) in [5, 5.41) is 4.74. The van der Waals surface area contributed by atoms with Crippen LogP contribution in [-0.4, -0.2) is 26.5 Å². The molecule has 6 nitrogen and oxygen atoms in total. The van der Waals surface area contributed by atoms with Gasteiger partial charge in [-0.3, -0.25) is 14.3 Å². The lowest BCUT2D eigenvalue weighted by Crippen LogP contribution is -2.30. The quantitative estimate of drug-likeness (QED) is 0.876. The smallest absolute Gasteiger partial charge is 0.233 e. The molecule has 0 saturated carbocycles. The second kappa shape index (κ2) is 6.57. The van der Waals surface area contributed by atoms with Crippen LogP contribution >= 0.6 is 0 Å². The monoisotopic (exact) mass is 320 g/mol. The molecule has 2 aromatic carbocycles. The number of carbonyl (C=O) groups is 2. The third kappa shape index (κ3) is 4.85.